The molecule has 7 nitrogen and oxygen atoms in total. The van der Waals surface area contributed by atoms with Gasteiger partial charge in [0.1, 0.15) is 5.84 Å². The Kier molecular flexibility index (Phi) is 14.4. The summed E-state index contributed by atoms with van der Waals surface area (Å²) in [4.78, 5) is 23.1. The average Bonchev–Trinajstić information content (AvgIpc) is 2.93. The summed E-state index contributed by atoms with van der Waals surface area (Å²) in [5, 5.41) is 22.1. The van der Waals surface area contributed by atoms with Gasteiger partial charge in [-0.15, -0.1) is 0 Å². The van der Waals surface area contributed by atoms with Gasteiger partial charge in [0.15, 0.2) is 0 Å². The van der Waals surface area contributed by atoms with Crippen molar-refractivity contribution < 1.29 is 14.7 Å². The van der Waals surface area contributed by atoms with E-state index in [0.717, 1.165) is 17.7 Å². The summed E-state index contributed by atoms with van der Waals surface area (Å²) in [7, 11) is 0. The van der Waals surface area contributed by atoms with Crippen molar-refractivity contribution in [2.45, 2.75) is 67.3 Å². The van der Waals surface area contributed by atoms with Gasteiger partial charge in [0.2, 0.25) is 5.91 Å². The van der Waals surface area contributed by atoms with E-state index in [1.165, 1.54) is 11.1 Å². The maximum absolute atomic E-state index is 12.1. The zero-order valence-corrected chi connectivity index (χ0v) is 25.0. The fraction of sp³-hybridized carbons (Fsp3) is 0.364. The van der Waals surface area contributed by atoms with Gasteiger partial charge in [-0.05, 0) is 78.8 Å². The SMILES string of the molecule is CCC(=O)Nc1ccc(C(=N)N)cc1.CCc1ccccc1.Cc1ccc(C(=O)N[C@H](CO)C(C)(C)C)cc1C. The van der Waals surface area contributed by atoms with Crippen LogP contribution in [0, 0.1) is 24.7 Å². The average molecular weight is 547 g/mol. The number of amides is 2. The van der Waals surface area contributed by atoms with Crippen molar-refractivity contribution in [1.29, 1.82) is 5.41 Å². The molecule has 0 spiro atoms. The van der Waals surface area contributed by atoms with E-state index in [1.54, 1.807) is 31.2 Å². The molecule has 7 heteroatoms. The van der Waals surface area contributed by atoms with E-state index in [9.17, 15) is 14.7 Å². The van der Waals surface area contributed by atoms with Crippen LogP contribution in [0.15, 0.2) is 72.8 Å². The summed E-state index contributed by atoms with van der Waals surface area (Å²) in [6.45, 7) is 13.9. The highest BCUT2D eigenvalue weighted by Gasteiger charge is 2.25. The molecule has 0 heterocycles. The lowest BCUT2D eigenvalue weighted by Gasteiger charge is -2.29. The van der Waals surface area contributed by atoms with Crippen LogP contribution in [0.2, 0.25) is 0 Å². The first kappa shape index (κ1) is 34.1. The summed E-state index contributed by atoms with van der Waals surface area (Å²) in [5.41, 5.74) is 10.8. The van der Waals surface area contributed by atoms with Gasteiger partial charge in [-0.1, -0.05) is 71.0 Å². The number of hydrogen-bond donors (Lipinski definition) is 5. The van der Waals surface area contributed by atoms with Crippen molar-refractivity contribution in [3.05, 3.63) is 101 Å². The number of nitrogens with two attached hydrogens (primary N) is 1. The molecular weight excluding hydrogens is 500 g/mol. The number of nitrogens with one attached hydrogen (secondary N) is 3. The van der Waals surface area contributed by atoms with E-state index in [2.05, 4.69) is 41.8 Å². The van der Waals surface area contributed by atoms with Crippen LogP contribution in [0.1, 0.15) is 73.7 Å². The molecule has 3 aromatic carbocycles. The normalized spacial score (nSPS) is 11.1. The van der Waals surface area contributed by atoms with Gasteiger partial charge < -0.3 is 21.5 Å². The molecule has 0 aliphatic rings. The van der Waals surface area contributed by atoms with E-state index in [4.69, 9.17) is 11.1 Å². The number of hydrogen-bond acceptors (Lipinski definition) is 4. The topological polar surface area (TPSA) is 128 Å². The third-order valence-electron chi connectivity index (χ3n) is 6.35. The van der Waals surface area contributed by atoms with Crippen molar-refractivity contribution in [3.8, 4) is 0 Å². The monoisotopic (exact) mass is 546 g/mol. The summed E-state index contributed by atoms with van der Waals surface area (Å²) in [6, 6.07) is 22.7. The number of benzene rings is 3. The van der Waals surface area contributed by atoms with Gasteiger partial charge in [-0.25, -0.2) is 0 Å². The lowest BCUT2D eigenvalue weighted by Crippen LogP contribution is -2.46. The Hall–Kier alpha value is -3.97. The molecule has 0 aliphatic heterocycles. The fourth-order valence-corrected chi connectivity index (χ4v) is 3.36. The maximum atomic E-state index is 12.1. The number of rotatable bonds is 7. The van der Waals surface area contributed by atoms with E-state index in [1.807, 2.05) is 58.9 Å². The van der Waals surface area contributed by atoms with Gasteiger partial charge in [-0.3, -0.25) is 15.0 Å². The molecule has 3 aromatic rings. The van der Waals surface area contributed by atoms with E-state index >= 15 is 0 Å². The summed E-state index contributed by atoms with van der Waals surface area (Å²) >= 11 is 0. The number of aryl methyl sites for hydroxylation is 3. The minimum Gasteiger partial charge on any atom is -0.394 e. The highest BCUT2D eigenvalue weighted by atomic mass is 16.3. The number of amidine groups is 1. The number of anilines is 1. The first-order valence-corrected chi connectivity index (χ1v) is 13.6. The molecule has 1 atom stereocenters. The molecular formula is C33H46N4O3. The number of aliphatic hydroxyl groups is 1. The van der Waals surface area contributed by atoms with Gasteiger partial charge in [0.25, 0.3) is 5.91 Å². The molecule has 0 unspecified atom stereocenters. The van der Waals surface area contributed by atoms with Crippen LogP contribution in [0.5, 0.6) is 0 Å². The largest absolute Gasteiger partial charge is 0.394 e. The molecule has 0 radical (unpaired) electrons. The van der Waals surface area contributed by atoms with Crippen molar-refractivity contribution in [2.24, 2.45) is 11.1 Å². The number of carbonyl (C=O) groups is 2. The first-order valence-electron chi connectivity index (χ1n) is 13.6. The minimum absolute atomic E-state index is 0.0263. The summed E-state index contributed by atoms with van der Waals surface area (Å²) in [5.74, 6) is -0.133. The molecule has 40 heavy (non-hydrogen) atoms. The van der Waals surface area contributed by atoms with Crippen molar-refractivity contribution >= 4 is 23.3 Å². The first-order chi connectivity index (χ1) is 18.8. The third kappa shape index (κ3) is 12.3. The van der Waals surface area contributed by atoms with Crippen LogP contribution >= 0.6 is 0 Å². The van der Waals surface area contributed by atoms with E-state index in [0.29, 0.717) is 17.5 Å². The van der Waals surface area contributed by atoms with Crippen LogP contribution < -0.4 is 16.4 Å². The second kappa shape index (κ2) is 16.9. The molecule has 6 N–H and O–H groups in total. The van der Waals surface area contributed by atoms with Crippen LogP contribution in [0.4, 0.5) is 5.69 Å². The Bertz CT molecular complexity index is 1220. The molecule has 0 aromatic heterocycles. The highest BCUT2D eigenvalue weighted by molar-refractivity contribution is 5.96. The van der Waals surface area contributed by atoms with Crippen LogP contribution in [0.3, 0.4) is 0 Å². The second-order valence-corrected chi connectivity index (χ2v) is 10.6. The van der Waals surface area contributed by atoms with Crippen molar-refractivity contribution in [1.82, 2.24) is 5.32 Å². The van der Waals surface area contributed by atoms with E-state index < -0.39 is 0 Å². The molecule has 0 aliphatic carbocycles. The van der Waals surface area contributed by atoms with E-state index in [-0.39, 0.29) is 35.7 Å². The van der Waals surface area contributed by atoms with Crippen LogP contribution in [-0.4, -0.2) is 35.4 Å². The molecule has 2 amide bonds. The second-order valence-electron chi connectivity index (χ2n) is 10.6. The van der Waals surface area contributed by atoms with Crippen LogP contribution in [0.25, 0.3) is 0 Å². The van der Waals surface area contributed by atoms with Gasteiger partial charge in [-0.2, -0.15) is 0 Å². The standard InChI is InChI=1S/C15H23NO2.C10H13N3O.C8H10/c1-10-6-7-12(8-11(10)2)14(18)16-13(9-17)15(3,4)5;1-2-9(14)13-8-5-3-7(4-6-8)10(11)12;1-2-8-6-4-3-5-7-8/h6-8,13,17H,9H2,1-5H3,(H,16,18);3-6H,2H2,1H3,(H3,11,12)(H,13,14);3-7H,2H2,1H3/t13-;;/m1../s1. The Morgan fingerprint density at radius 2 is 1.48 bits per heavy atom. The van der Waals surface area contributed by atoms with Gasteiger partial charge in [0, 0.05) is 23.2 Å². The number of nitrogen functional groups attached to an aromatic ring is 1. The predicted octanol–water partition coefficient (Wildman–Crippen LogP) is 6.01. The molecule has 0 fully saturated rings. The number of carbonyl (C=O) groups excluding carboxylic acids is 2. The minimum atomic E-state index is -0.244. The maximum Gasteiger partial charge on any atom is 0.251 e. The molecule has 0 bridgehead atoms. The van der Waals surface area contributed by atoms with Gasteiger partial charge in [0.05, 0.1) is 12.6 Å². The molecule has 216 valence electrons. The summed E-state index contributed by atoms with van der Waals surface area (Å²) < 4.78 is 0. The van der Waals surface area contributed by atoms with Crippen molar-refractivity contribution in [2.75, 3.05) is 11.9 Å². The zero-order chi connectivity index (χ0) is 30.3. The van der Waals surface area contributed by atoms with Crippen molar-refractivity contribution in [3.63, 3.8) is 0 Å². The van der Waals surface area contributed by atoms with Crippen LogP contribution in [-0.2, 0) is 11.2 Å². The zero-order valence-electron chi connectivity index (χ0n) is 25.0. The highest BCUT2D eigenvalue weighted by Crippen LogP contribution is 2.19. The smallest absolute Gasteiger partial charge is 0.251 e. The molecule has 0 saturated heterocycles. The van der Waals surface area contributed by atoms with Gasteiger partial charge >= 0.3 is 0 Å². The molecule has 3 rings (SSSR count). The lowest BCUT2D eigenvalue weighted by molar-refractivity contribution is -0.115. The predicted molar refractivity (Wildman–Crippen MR) is 166 cm³/mol. The third-order valence-corrected chi connectivity index (χ3v) is 6.35. The quantitative estimate of drug-likeness (QED) is 0.184. The Labute approximate surface area is 239 Å². The Morgan fingerprint density at radius 3 is 1.90 bits per heavy atom. The fourth-order valence-electron chi connectivity index (χ4n) is 3.36. The Morgan fingerprint density at radius 1 is 0.900 bits per heavy atom. The summed E-state index contributed by atoms with van der Waals surface area (Å²) in [6.07, 6.45) is 1.59. The lowest BCUT2D eigenvalue weighted by atomic mass is 9.87. The number of aliphatic hydroxyl groups excluding tert-OH is 1. The molecule has 0 saturated carbocycles. The Balaban J connectivity index is 0.000000321.